The van der Waals surface area contributed by atoms with Gasteiger partial charge < -0.3 is 16.4 Å². The molecule has 3 amide bonds. The standard InChI is InChI=1S/C13H25N3O2/c1-10-5-4-6-11(9-10)16-12(17)7-2-3-8-15-13(14)18/h10-11H,2-9H2,1H3,(H,16,17)(H3,14,15,18). The molecule has 2 atom stereocenters. The van der Waals surface area contributed by atoms with Crippen molar-refractivity contribution in [3.8, 4) is 0 Å². The molecule has 0 radical (unpaired) electrons. The van der Waals surface area contributed by atoms with Crippen LogP contribution in [0.5, 0.6) is 0 Å². The molecule has 1 aliphatic rings. The van der Waals surface area contributed by atoms with E-state index in [-0.39, 0.29) is 5.91 Å². The van der Waals surface area contributed by atoms with Crippen molar-refractivity contribution in [1.29, 1.82) is 0 Å². The summed E-state index contributed by atoms with van der Waals surface area (Å²) in [6.45, 7) is 2.79. The molecule has 4 N–H and O–H groups in total. The second kappa shape index (κ2) is 7.95. The second-order valence-corrected chi connectivity index (χ2v) is 5.28. The molecule has 1 rings (SSSR count). The van der Waals surface area contributed by atoms with Gasteiger partial charge in [0.05, 0.1) is 0 Å². The minimum absolute atomic E-state index is 0.133. The molecule has 0 aliphatic heterocycles. The van der Waals surface area contributed by atoms with Crippen molar-refractivity contribution >= 4 is 11.9 Å². The maximum atomic E-state index is 11.7. The number of nitrogens with one attached hydrogen (secondary N) is 2. The van der Waals surface area contributed by atoms with E-state index in [1.807, 2.05) is 0 Å². The summed E-state index contributed by atoms with van der Waals surface area (Å²) in [5.41, 5.74) is 4.94. The minimum atomic E-state index is -0.504. The van der Waals surface area contributed by atoms with Crippen molar-refractivity contribution in [1.82, 2.24) is 10.6 Å². The Bertz CT molecular complexity index is 281. The lowest BCUT2D eigenvalue weighted by molar-refractivity contribution is -0.122. The predicted octanol–water partition coefficient (Wildman–Crippen LogP) is 1.52. The Morgan fingerprint density at radius 3 is 2.72 bits per heavy atom. The van der Waals surface area contributed by atoms with Crippen LogP contribution in [0.15, 0.2) is 0 Å². The van der Waals surface area contributed by atoms with Gasteiger partial charge in [0.1, 0.15) is 0 Å². The van der Waals surface area contributed by atoms with Gasteiger partial charge in [-0.15, -0.1) is 0 Å². The van der Waals surface area contributed by atoms with Gasteiger partial charge in [-0.05, 0) is 31.6 Å². The van der Waals surface area contributed by atoms with Gasteiger partial charge in [0, 0.05) is 19.0 Å². The van der Waals surface area contributed by atoms with Crippen molar-refractivity contribution in [3.05, 3.63) is 0 Å². The highest BCUT2D eigenvalue weighted by atomic mass is 16.2. The van der Waals surface area contributed by atoms with Gasteiger partial charge in [0.25, 0.3) is 0 Å². The Kier molecular flexibility index (Phi) is 6.54. The highest BCUT2D eigenvalue weighted by molar-refractivity contribution is 5.76. The molecule has 104 valence electrons. The van der Waals surface area contributed by atoms with Crippen molar-refractivity contribution in [2.45, 2.75) is 57.9 Å². The van der Waals surface area contributed by atoms with Crippen LogP contribution in [0.1, 0.15) is 51.9 Å². The Labute approximate surface area is 109 Å². The lowest BCUT2D eigenvalue weighted by atomic mass is 9.87. The molecule has 0 aromatic rings. The smallest absolute Gasteiger partial charge is 0.312 e. The van der Waals surface area contributed by atoms with Crippen LogP contribution < -0.4 is 16.4 Å². The predicted molar refractivity (Wildman–Crippen MR) is 71.0 cm³/mol. The molecule has 5 heteroatoms. The number of hydrogen-bond donors (Lipinski definition) is 3. The van der Waals surface area contributed by atoms with E-state index in [1.165, 1.54) is 12.8 Å². The zero-order chi connectivity index (χ0) is 13.4. The molecule has 0 aromatic heterocycles. The fourth-order valence-electron chi connectivity index (χ4n) is 2.49. The highest BCUT2D eigenvalue weighted by Crippen LogP contribution is 2.23. The molecule has 1 saturated carbocycles. The van der Waals surface area contributed by atoms with E-state index < -0.39 is 6.03 Å². The van der Waals surface area contributed by atoms with Crippen LogP contribution in [0, 0.1) is 5.92 Å². The van der Waals surface area contributed by atoms with Crippen LogP contribution in [0.3, 0.4) is 0 Å². The summed E-state index contributed by atoms with van der Waals surface area (Å²) in [5.74, 6) is 0.858. The first-order valence-electron chi connectivity index (χ1n) is 6.90. The molecule has 0 saturated heterocycles. The van der Waals surface area contributed by atoms with Gasteiger partial charge in [-0.1, -0.05) is 19.8 Å². The van der Waals surface area contributed by atoms with Crippen LogP contribution >= 0.6 is 0 Å². The molecule has 5 nitrogen and oxygen atoms in total. The zero-order valence-electron chi connectivity index (χ0n) is 11.2. The number of carbonyl (C=O) groups excluding carboxylic acids is 2. The van der Waals surface area contributed by atoms with Gasteiger partial charge in [-0.3, -0.25) is 4.79 Å². The van der Waals surface area contributed by atoms with Crippen LogP contribution in [0.2, 0.25) is 0 Å². The molecule has 18 heavy (non-hydrogen) atoms. The monoisotopic (exact) mass is 255 g/mol. The maximum Gasteiger partial charge on any atom is 0.312 e. The SMILES string of the molecule is CC1CCCC(NC(=O)CCCCNC(N)=O)C1. The molecular formula is C13H25N3O2. The third-order valence-electron chi connectivity index (χ3n) is 3.43. The van der Waals surface area contributed by atoms with Gasteiger partial charge >= 0.3 is 6.03 Å². The van der Waals surface area contributed by atoms with E-state index in [2.05, 4.69) is 17.6 Å². The Morgan fingerprint density at radius 2 is 2.06 bits per heavy atom. The molecule has 1 fully saturated rings. The number of primary amides is 1. The van der Waals surface area contributed by atoms with Crippen molar-refractivity contribution < 1.29 is 9.59 Å². The number of nitrogens with two attached hydrogens (primary N) is 1. The van der Waals surface area contributed by atoms with Gasteiger partial charge in [0.2, 0.25) is 5.91 Å². The topological polar surface area (TPSA) is 84.2 Å². The highest BCUT2D eigenvalue weighted by Gasteiger charge is 2.19. The van der Waals surface area contributed by atoms with Gasteiger partial charge in [-0.25, -0.2) is 4.79 Å². The minimum Gasteiger partial charge on any atom is -0.353 e. The van der Waals surface area contributed by atoms with E-state index in [0.717, 1.165) is 31.6 Å². The van der Waals surface area contributed by atoms with E-state index in [4.69, 9.17) is 5.73 Å². The van der Waals surface area contributed by atoms with Crippen LogP contribution in [0.25, 0.3) is 0 Å². The molecule has 0 aromatic carbocycles. The third-order valence-corrected chi connectivity index (χ3v) is 3.43. The number of unbranched alkanes of at least 4 members (excludes halogenated alkanes) is 1. The average molecular weight is 255 g/mol. The first-order valence-corrected chi connectivity index (χ1v) is 6.90. The van der Waals surface area contributed by atoms with Crippen molar-refractivity contribution in [2.75, 3.05) is 6.54 Å². The Morgan fingerprint density at radius 1 is 1.28 bits per heavy atom. The molecule has 0 heterocycles. The summed E-state index contributed by atoms with van der Waals surface area (Å²) >= 11 is 0. The van der Waals surface area contributed by atoms with E-state index in [1.54, 1.807) is 0 Å². The number of urea groups is 1. The molecule has 2 unspecified atom stereocenters. The summed E-state index contributed by atoms with van der Waals surface area (Å²) in [7, 11) is 0. The van der Waals surface area contributed by atoms with Gasteiger partial charge in [-0.2, -0.15) is 0 Å². The second-order valence-electron chi connectivity index (χ2n) is 5.28. The summed E-state index contributed by atoms with van der Waals surface area (Å²) in [6.07, 6.45) is 6.82. The summed E-state index contributed by atoms with van der Waals surface area (Å²) in [4.78, 5) is 22.1. The number of rotatable bonds is 6. The Balaban J connectivity index is 2.04. The quantitative estimate of drug-likeness (QED) is 0.629. The largest absolute Gasteiger partial charge is 0.353 e. The number of amides is 3. The number of hydrogen-bond acceptors (Lipinski definition) is 2. The van der Waals surface area contributed by atoms with Crippen LogP contribution in [-0.4, -0.2) is 24.5 Å². The molecule has 0 spiro atoms. The molecule has 1 aliphatic carbocycles. The number of carbonyl (C=O) groups is 2. The first-order chi connectivity index (χ1) is 8.58. The fraction of sp³-hybridized carbons (Fsp3) is 0.846. The van der Waals surface area contributed by atoms with E-state index in [9.17, 15) is 9.59 Å². The van der Waals surface area contributed by atoms with Crippen LogP contribution in [0.4, 0.5) is 4.79 Å². The summed E-state index contributed by atoms with van der Waals surface area (Å²) < 4.78 is 0. The van der Waals surface area contributed by atoms with Crippen molar-refractivity contribution in [3.63, 3.8) is 0 Å². The third kappa shape index (κ3) is 6.47. The molecule has 0 bridgehead atoms. The van der Waals surface area contributed by atoms with Crippen molar-refractivity contribution in [2.24, 2.45) is 11.7 Å². The summed E-state index contributed by atoms with van der Waals surface area (Å²) in [6, 6.07) is -0.138. The average Bonchev–Trinajstić information content (AvgIpc) is 2.28. The van der Waals surface area contributed by atoms with Gasteiger partial charge in [0.15, 0.2) is 0 Å². The lowest BCUT2D eigenvalue weighted by Crippen LogP contribution is -2.38. The Hall–Kier alpha value is -1.26. The first kappa shape index (κ1) is 14.8. The normalized spacial score (nSPS) is 23.4. The fourth-order valence-corrected chi connectivity index (χ4v) is 2.49. The summed E-state index contributed by atoms with van der Waals surface area (Å²) in [5, 5.41) is 5.61. The zero-order valence-corrected chi connectivity index (χ0v) is 11.2. The lowest BCUT2D eigenvalue weighted by Gasteiger charge is -2.27. The van der Waals surface area contributed by atoms with Crippen LogP contribution in [-0.2, 0) is 4.79 Å². The van der Waals surface area contributed by atoms with E-state index in [0.29, 0.717) is 19.0 Å². The maximum absolute atomic E-state index is 11.7. The molecular weight excluding hydrogens is 230 g/mol. The van der Waals surface area contributed by atoms with E-state index >= 15 is 0 Å².